The molecule has 2 rings (SSSR count). The predicted molar refractivity (Wildman–Crippen MR) is 88.3 cm³/mol. The normalized spacial score (nSPS) is 11.7. The number of anilines is 1. The van der Waals surface area contributed by atoms with E-state index >= 15 is 0 Å². The van der Waals surface area contributed by atoms with Gasteiger partial charge in [0, 0.05) is 0 Å². The molecule has 0 bridgehead atoms. The molecule has 1 aromatic heterocycles. The number of alkyl halides is 3. The van der Waals surface area contributed by atoms with E-state index in [1.807, 2.05) is 0 Å². The van der Waals surface area contributed by atoms with Gasteiger partial charge in [-0.1, -0.05) is 0 Å². The number of ether oxygens (including phenoxy) is 3. The Morgan fingerprint density at radius 3 is 2.26 bits per heavy atom. The zero-order chi connectivity index (χ0) is 20.1. The average Bonchev–Trinajstić information content (AvgIpc) is 2.56. The van der Waals surface area contributed by atoms with E-state index < -0.39 is 22.1 Å². The van der Waals surface area contributed by atoms with Gasteiger partial charge in [0.05, 0.1) is 24.3 Å². The Bertz CT molecular complexity index is 873. The number of halogens is 3. The molecule has 0 aliphatic heterocycles. The van der Waals surface area contributed by atoms with E-state index in [2.05, 4.69) is 19.4 Å². The number of hydrogen-bond acceptors (Lipinski definition) is 7. The van der Waals surface area contributed by atoms with Crippen LogP contribution in [0.4, 0.5) is 18.9 Å². The molecule has 148 valence electrons. The molecule has 0 amide bonds. The largest absolute Gasteiger partial charge is 0.573 e. The van der Waals surface area contributed by atoms with Gasteiger partial charge in [-0.25, -0.2) is 13.4 Å². The SMILES string of the molecule is CCOc1ncc(NS(=O)(=O)c2ccc(OC(F)(F)F)cc2)c(OCC)n1. The monoisotopic (exact) mass is 407 g/mol. The van der Waals surface area contributed by atoms with Crippen LogP contribution in [0.3, 0.4) is 0 Å². The molecule has 8 nitrogen and oxygen atoms in total. The first-order valence-corrected chi connectivity index (χ1v) is 9.14. The number of sulfonamides is 1. The summed E-state index contributed by atoms with van der Waals surface area (Å²) in [5.74, 6) is -0.586. The van der Waals surface area contributed by atoms with Crippen molar-refractivity contribution in [3.8, 4) is 17.6 Å². The van der Waals surface area contributed by atoms with E-state index in [0.717, 1.165) is 24.3 Å². The summed E-state index contributed by atoms with van der Waals surface area (Å²) in [4.78, 5) is 7.53. The average molecular weight is 407 g/mol. The lowest BCUT2D eigenvalue weighted by molar-refractivity contribution is -0.274. The Hall–Kier alpha value is -2.76. The van der Waals surface area contributed by atoms with Gasteiger partial charge in [0.15, 0.2) is 0 Å². The number of aromatic nitrogens is 2. The summed E-state index contributed by atoms with van der Waals surface area (Å²) in [5.41, 5.74) is -0.0454. The molecule has 0 saturated heterocycles. The van der Waals surface area contributed by atoms with Crippen molar-refractivity contribution in [2.24, 2.45) is 0 Å². The maximum atomic E-state index is 12.4. The van der Waals surface area contributed by atoms with Gasteiger partial charge in [-0.05, 0) is 38.1 Å². The number of hydrogen-bond donors (Lipinski definition) is 1. The van der Waals surface area contributed by atoms with Crippen molar-refractivity contribution in [1.82, 2.24) is 9.97 Å². The Kier molecular flexibility index (Phi) is 6.31. The highest BCUT2D eigenvalue weighted by molar-refractivity contribution is 7.92. The highest BCUT2D eigenvalue weighted by Crippen LogP contribution is 2.28. The maximum Gasteiger partial charge on any atom is 0.573 e. The fourth-order valence-corrected chi connectivity index (χ4v) is 2.93. The number of benzene rings is 1. The number of rotatable bonds is 8. The summed E-state index contributed by atoms with van der Waals surface area (Å²) in [6, 6.07) is 3.73. The molecule has 0 spiro atoms. The standard InChI is InChI=1S/C15H16F3N3O5S/c1-3-24-13-12(9-19-14(20-13)25-4-2)21-27(22,23)11-7-5-10(6-8-11)26-15(16,17)18/h5-9,21H,3-4H2,1-2H3. The fraction of sp³-hybridized carbons (Fsp3) is 0.333. The highest BCUT2D eigenvalue weighted by atomic mass is 32.2. The summed E-state index contributed by atoms with van der Waals surface area (Å²) in [7, 11) is -4.13. The van der Waals surface area contributed by atoms with Crippen LogP contribution in [-0.2, 0) is 10.0 Å². The fourth-order valence-electron chi connectivity index (χ4n) is 1.89. The summed E-state index contributed by atoms with van der Waals surface area (Å²) in [6.45, 7) is 3.93. The first-order chi connectivity index (χ1) is 12.6. The minimum atomic E-state index is -4.87. The maximum absolute atomic E-state index is 12.4. The van der Waals surface area contributed by atoms with Crippen molar-refractivity contribution < 1.29 is 35.8 Å². The Morgan fingerprint density at radius 2 is 1.70 bits per heavy atom. The van der Waals surface area contributed by atoms with E-state index in [4.69, 9.17) is 9.47 Å². The van der Waals surface area contributed by atoms with Crippen LogP contribution in [-0.4, -0.2) is 38.0 Å². The van der Waals surface area contributed by atoms with Crippen molar-refractivity contribution in [2.45, 2.75) is 25.1 Å². The zero-order valence-corrected chi connectivity index (χ0v) is 15.1. The molecule has 0 radical (unpaired) electrons. The number of nitrogens with zero attached hydrogens (tertiary/aromatic N) is 2. The van der Waals surface area contributed by atoms with Gasteiger partial charge in [-0.3, -0.25) is 4.72 Å². The molecular formula is C15H16F3N3O5S. The minimum Gasteiger partial charge on any atom is -0.476 e. The lowest BCUT2D eigenvalue weighted by Gasteiger charge is -2.13. The van der Waals surface area contributed by atoms with Gasteiger partial charge in [0.2, 0.25) is 5.88 Å². The van der Waals surface area contributed by atoms with E-state index in [9.17, 15) is 21.6 Å². The number of nitrogens with one attached hydrogen (secondary N) is 1. The molecule has 0 fully saturated rings. The van der Waals surface area contributed by atoms with Crippen LogP contribution < -0.4 is 18.9 Å². The van der Waals surface area contributed by atoms with Crippen LogP contribution in [0.2, 0.25) is 0 Å². The summed E-state index contributed by atoms with van der Waals surface area (Å²) >= 11 is 0. The molecule has 0 aliphatic carbocycles. The molecule has 27 heavy (non-hydrogen) atoms. The van der Waals surface area contributed by atoms with Crippen LogP contribution in [0, 0.1) is 0 Å². The Morgan fingerprint density at radius 1 is 1.07 bits per heavy atom. The first kappa shape index (κ1) is 20.6. The molecule has 0 unspecified atom stereocenters. The molecule has 0 saturated carbocycles. The van der Waals surface area contributed by atoms with Crippen LogP contribution in [0.1, 0.15) is 13.8 Å². The van der Waals surface area contributed by atoms with Crippen LogP contribution >= 0.6 is 0 Å². The predicted octanol–water partition coefficient (Wildman–Crippen LogP) is 2.97. The van der Waals surface area contributed by atoms with E-state index in [0.29, 0.717) is 6.61 Å². The molecule has 12 heteroatoms. The van der Waals surface area contributed by atoms with Crippen LogP contribution in [0.15, 0.2) is 35.4 Å². The second-order valence-electron chi connectivity index (χ2n) is 4.86. The summed E-state index contributed by atoms with van der Waals surface area (Å²) < 4.78 is 77.8. The second kappa shape index (κ2) is 8.29. The van der Waals surface area contributed by atoms with E-state index in [-0.39, 0.29) is 29.1 Å². The lowest BCUT2D eigenvalue weighted by Crippen LogP contribution is -2.17. The topological polar surface area (TPSA) is 99.6 Å². The third-order valence-electron chi connectivity index (χ3n) is 2.90. The zero-order valence-electron chi connectivity index (χ0n) is 14.3. The second-order valence-corrected chi connectivity index (χ2v) is 6.54. The van der Waals surface area contributed by atoms with Crippen molar-refractivity contribution in [3.63, 3.8) is 0 Å². The molecule has 2 aromatic rings. The molecule has 0 atom stereocenters. The van der Waals surface area contributed by atoms with Gasteiger partial charge in [0.25, 0.3) is 10.0 Å². The first-order valence-electron chi connectivity index (χ1n) is 7.66. The molecule has 1 heterocycles. The van der Waals surface area contributed by atoms with Gasteiger partial charge in [0.1, 0.15) is 11.4 Å². The Balaban J connectivity index is 2.25. The highest BCUT2D eigenvalue weighted by Gasteiger charge is 2.31. The van der Waals surface area contributed by atoms with Crippen LogP contribution in [0.25, 0.3) is 0 Å². The third-order valence-corrected chi connectivity index (χ3v) is 4.28. The smallest absolute Gasteiger partial charge is 0.476 e. The van der Waals surface area contributed by atoms with Gasteiger partial charge < -0.3 is 14.2 Å². The van der Waals surface area contributed by atoms with Gasteiger partial charge in [-0.15, -0.1) is 13.2 Å². The van der Waals surface area contributed by atoms with Gasteiger partial charge >= 0.3 is 12.4 Å². The van der Waals surface area contributed by atoms with Crippen molar-refractivity contribution >= 4 is 15.7 Å². The van der Waals surface area contributed by atoms with Crippen molar-refractivity contribution in [3.05, 3.63) is 30.5 Å². The lowest BCUT2D eigenvalue weighted by atomic mass is 10.3. The van der Waals surface area contributed by atoms with Crippen LogP contribution in [0.5, 0.6) is 17.6 Å². The molecule has 1 N–H and O–H groups in total. The quantitative estimate of drug-likeness (QED) is 0.718. The minimum absolute atomic E-state index is 0.0116. The van der Waals surface area contributed by atoms with E-state index in [1.165, 1.54) is 6.20 Å². The van der Waals surface area contributed by atoms with Crippen molar-refractivity contribution in [1.29, 1.82) is 0 Å². The summed E-state index contributed by atoms with van der Waals surface area (Å²) in [6.07, 6.45) is -3.70. The third kappa shape index (κ3) is 5.88. The molecular weight excluding hydrogens is 391 g/mol. The van der Waals surface area contributed by atoms with Gasteiger partial charge in [-0.2, -0.15) is 4.98 Å². The molecule has 1 aromatic carbocycles. The van der Waals surface area contributed by atoms with Crippen molar-refractivity contribution in [2.75, 3.05) is 17.9 Å². The molecule has 0 aliphatic rings. The van der Waals surface area contributed by atoms with E-state index in [1.54, 1.807) is 13.8 Å². The Labute approximate surface area is 153 Å². The summed E-state index contributed by atoms with van der Waals surface area (Å²) in [5, 5.41) is 0.